The van der Waals surface area contributed by atoms with Crippen molar-refractivity contribution < 1.29 is 0 Å². The first kappa shape index (κ1) is 11.1. The van der Waals surface area contributed by atoms with E-state index >= 15 is 0 Å². The van der Waals surface area contributed by atoms with Crippen molar-refractivity contribution in [2.24, 2.45) is 5.92 Å². The third kappa shape index (κ3) is 2.06. The lowest BCUT2D eigenvalue weighted by Gasteiger charge is -2.07. The van der Waals surface area contributed by atoms with E-state index in [0.717, 1.165) is 22.9 Å². The van der Waals surface area contributed by atoms with Gasteiger partial charge in [0.15, 0.2) is 11.0 Å². The van der Waals surface area contributed by atoms with Gasteiger partial charge in [-0.05, 0) is 12.8 Å². The molecule has 0 saturated heterocycles. The van der Waals surface area contributed by atoms with E-state index in [9.17, 15) is 0 Å². The maximum Gasteiger partial charge on any atom is 0.180 e. The molecule has 16 heavy (non-hydrogen) atoms. The zero-order valence-corrected chi connectivity index (χ0v) is 10.5. The minimum Gasteiger partial charge on any atom is -0.375 e. The van der Waals surface area contributed by atoms with Crippen LogP contribution in [0.1, 0.15) is 19.5 Å². The van der Waals surface area contributed by atoms with E-state index in [1.54, 1.807) is 6.33 Å². The van der Waals surface area contributed by atoms with Crippen LogP contribution >= 0.6 is 11.3 Å². The molecule has 0 aliphatic carbocycles. The predicted octanol–water partition coefficient (Wildman–Crippen LogP) is 1.95. The Morgan fingerprint density at radius 3 is 2.81 bits per heavy atom. The normalized spacial score (nSPS) is 11.2. The highest BCUT2D eigenvalue weighted by Gasteiger charge is 2.14. The van der Waals surface area contributed by atoms with E-state index in [0.29, 0.717) is 11.0 Å². The van der Waals surface area contributed by atoms with Crippen molar-refractivity contribution in [1.82, 2.24) is 19.7 Å². The average Bonchev–Trinajstić information content (AvgIpc) is 2.72. The van der Waals surface area contributed by atoms with Gasteiger partial charge >= 0.3 is 0 Å². The van der Waals surface area contributed by atoms with E-state index in [1.165, 1.54) is 11.3 Å². The van der Waals surface area contributed by atoms with Gasteiger partial charge in [0.1, 0.15) is 6.33 Å². The van der Waals surface area contributed by atoms with Crippen LogP contribution in [-0.2, 0) is 6.54 Å². The molecule has 2 rings (SSSR count). The lowest BCUT2D eigenvalue weighted by atomic mass is 10.2. The molecule has 0 spiro atoms. The van der Waals surface area contributed by atoms with Crippen molar-refractivity contribution >= 4 is 16.5 Å². The Morgan fingerprint density at radius 1 is 1.50 bits per heavy atom. The van der Waals surface area contributed by atoms with Crippen LogP contribution in [0.4, 0.5) is 5.13 Å². The fourth-order valence-corrected chi connectivity index (χ4v) is 2.42. The summed E-state index contributed by atoms with van der Waals surface area (Å²) < 4.78 is 2.05. The number of nitrogens with two attached hydrogens (primary N) is 1. The second kappa shape index (κ2) is 4.21. The Balaban J connectivity index is 2.40. The maximum atomic E-state index is 5.69. The fourth-order valence-electron chi connectivity index (χ4n) is 1.58. The highest BCUT2D eigenvalue weighted by atomic mass is 32.1. The molecule has 2 aromatic heterocycles. The van der Waals surface area contributed by atoms with E-state index < -0.39 is 0 Å². The van der Waals surface area contributed by atoms with Gasteiger partial charge in [0.05, 0.1) is 10.6 Å². The van der Waals surface area contributed by atoms with Crippen LogP contribution in [0, 0.1) is 12.8 Å². The summed E-state index contributed by atoms with van der Waals surface area (Å²) in [7, 11) is 0. The molecule has 0 saturated carbocycles. The first-order chi connectivity index (χ1) is 7.58. The Kier molecular flexibility index (Phi) is 2.91. The standard InChI is InChI=1S/C10H15N5S/c1-6(2)4-15-5-12-14-9(15)8-7(3)13-10(11)16-8/h5-6H,4H2,1-3H3,(H2,11,13). The van der Waals surface area contributed by atoms with Crippen LogP contribution in [0.2, 0.25) is 0 Å². The Bertz CT molecular complexity index is 485. The molecule has 6 heteroatoms. The van der Waals surface area contributed by atoms with Crippen LogP contribution in [-0.4, -0.2) is 19.7 Å². The highest BCUT2D eigenvalue weighted by Crippen LogP contribution is 2.29. The molecule has 0 aliphatic heterocycles. The topological polar surface area (TPSA) is 69.6 Å². The van der Waals surface area contributed by atoms with Gasteiger partial charge in [0, 0.05) is 6.54 Å². The smallest absolute Gasteiger partial charge is 0.180 e. The van der Waals surface area contributed by atoms with E-state index in [-0.39, 0.29) is 0 Å². The average molecular weight is 237 g/mol. The summed E-state index contributed by atoms with van der Waals surface area (Å²) in [4.78, 5) is 5.21. The maximum absolute atomic E-state index is 5.69. The summed E-state index contributed by atoms with van der Waals surface area (Å²) in [5.74, 6) is 1.42. The number of nitrogen functional groups attached to an aromatic ring is 1. The predicted molar refractivity (Wildman–Crippen MR) is 65.1 cm³/mol. The molecule has 0 amide bonds. The number of aryl methyl sites for hydroxylation is 1. The van der Waals surface area contributed by atoms with Crippen LogP contribution in [0.5, 0.6) is 0 Å². The van der Waals surface area contributed by atoms with Crippen molar-refractivity contribution in [3.8, 4) is 10.7 Å². The van der Waals surface area contributed by atoms with Crippen LogP contribution < -0.4 is 5.73 Å². The highest BCUT2D eigenvalue weighted by molar-refractivity contribution is 7.18. The van der Waals surface area contributed by atoms with Gasteiger partial charge in [0.2, 0.25) is 0 Å². The molecule has 5 nitrogen and oxygen atoms in total. The van der Waals surface area contributed by atoms with Crippen molar-refractivity contribution in [2.75, 3.05) is 5.73 Å². The summed E-state index contributed by atoms with van der Waals surface area (Å²) >= 11 is 1.46. The van der Waals surface area contributed by atoms with Crippen molar-refractivity contribution in [3.63, 3.8) is 0 Å². The van der Waals surface area contributed by atoms with E-state index in [2.05, 4.69) is 29.0 Å². The summed E-state index contributed by atoms with van der Waals surface area (Å²) in [5.41, 5.74) is 6.60. The molecule has 86 valence electrons. The molecule has 2 heterocycles. The second-order valence-electron chi connectivity index (χ2n) is 4.17. The van der Waals surface area contributed by atoms with Crippen molar-refractivity contribution in [2.45, 2.75) is 27.3 Å². The number of hydrogen-bond donors (Lipinski definition) is 1. The molecule has 0 fully saturated rings. The monoisotopic (exact) mass is 237 g/mol. The number of anilines is 1. The van der Waals surface area contributed by atoms with Crippen molar-refractivity contribution in [3.05, 3.63) is 12.0 Å². The number of hydrogen-bond acceptors (Lipinski definition) is 5. The minimum absolute atomic E-state index is 0.556. The first-order valence-corrected chi connectivity index (χ1v) is 6.00. The lowest BCUT2D eigenvalue weighted by Crippen LogP contribution is -2.04. The molecule has 0 unspecified atom stereocenters. The fraction of sp³-hybridized carbons (Fsp3) is 0.500. The summed E-state index contributed by atoms with van der Waals surface area (Å²) in [5, 5.41) is 8.67. The first-order valence-electron chi connectivity index (χ1n) is 5.19. The van der Waals surface area contributed by atoms with Crippen LogP contribution in [0.25, 0.3) is 10.7 Å². The number of rotatable bonds is 3. The molecular formula is C10H15N5S. The lowest BCUT2D eigenvalue weighted by molar-refractivity contribution is 0.525. The Labute approximate surface area is 98.3 Å². The molecule has 0 aromatic carbocycles. The second-order valence-corrected chi connectivity index (χ2v) is 5.20. The largest absolute Gasteiger partial charge is 0.375 e. The zero-order valence-electron chi connectivity index (χ0n) is 9.64. The van der Waals surface area contributed by atoms with Crippen LogP contribution in [0.3, 0.4) is 0 Å². The van der Waals surface area contributed by atoms with Gasteiger partial charge in [-0.1, -0.05) is 25.2 Å². The van der Waals surface area contributed by atoms with Gasteiger partial charge < -0.3 is 10.3 Å². The van der Waals surface area contributed by atoms with E-state index in [1.807, 2.05) is 11.5 Å². The molecule has 2 N–H and O–H groups in total. The third-order valence-electron chi connectivity index (χ3n) is 2.19. The molecule has 0 atom stereocenters. The van der Waals surface area contributed by atoms with Crippen molar-refractivity contribution in [1.29, 1.82) is 0 Å². The van der Waals surface area contributed by atoms with E-state index in [4.69, 9.17) is 5.73 Å². The van der Waals surface area contributed by atoms with Gasteiger partial charge in [-0.3, -0.25) is 0 Å². The Hall–Kier alpha value is -1.43. The number of aromatic nitrogens is 4. The van der Waals surface area contributed by atoms with Gasteiger partial charge in [-0.2, -0.15) is 0 Å². The third-order valence-corrected chi connectivity index (χ3v) is 3.18. The summed E-state index contributed by atoms with van der Waals surface area (Å²) in [6.45, 7) is 7.17. The number of thiazole rings is 1. The molecule has 0 bridgehead atoms. The molecule has 2 aromatic rings. The van der Waals surface area contributed by atoms with Crippen LogP contribution in [0.15, 0.2) is 6.33 Å². The summed E-state index contributed by atoms with van der Waals surface area (Å²) in [6, 6.07) is 0. The SMILES string of the molecule is Cc1nc(N)sc1-c1nncn1CC(C)C. The Morgan fingerprint density at radius 2 is 2.25 bits per heavy atom. The summed E-state index contributed by atoms with van der Waals surface area (Å²) in [6.07, 6.45) is 1.75. The van der Waals surface area contributed by atoms with Gasteiger partial charge in [-0.25, -0.2) is 4.98 Å². The minimum atomic E-state index is 0.556. The molecule has 0 aliphatic rings. The van der Waals surface area contributed by atoms with Gasteiger partial charge in [-0.15, -0.1) is 10.2 Å². The molecule has 0 radical (unpaired) electrons. The molecular weight excluding hydrogens is 222 g/mol. The van der Waals surface area contributed by atoms with Gasteiger partial charge in [0.25, 0.3) is 0 Å². The quantitative estimate of drug-likeness (QED) is 0.885. The zero-order chi connectivity index (χ0) is 11.7. The number of nitrogens with zero attached hydrogens (tertiary/aromatic N) is 4.